The first kappa shape index (κ1) is 5.97. The van der Waals surface area contributed by atoms with Gasteiger partial charge in [0.25, 0.3) is 0 Å². The van der Waals surface area contributed by atoms with Crippen molar-refractivity contribution in [1.29, 1.82) is 0 Å². The van der Waals surface area contributed by atoms with Crippen LogP contribution in [0.25, 0.3) is 0 Å². The fraction of sp³-hybridized carbons (Fsp3) is 0.833. The summed E-state index contributed by atoms with van der Waals surface area (Å²) in [5.74, 6) is 0.595. The van der Waals surface area contributed by atoms with E-state index in [-0.39, 0.29) is 6.03 Å². The second-order valence-corrected chi connectivity index (χ2v) is 2.88. The van der Waals surface area contributed by atoms with Gasteiger partial charge in [0.2, 0.25) is 0 Å². The Bertz CT molecular complexity index is 159. The largest absolute Gasteiger partial charge is 0.338 e. The van der Waals surface area contributed by atoms with Gasteiger partial charge >= 0.3 is 6.03 Å². The van der Waals surface area contributed by atoms with Crippen LogP contribution in [-0.4, -0.2) is 31.7 Å². The van der Waals surface area contributed by atoms with Crippen molar-refractivity contribution in [1.82, 2.24) is 16.0 Å². The predicted molar refractivity (Wildman–Crippen MR) is 36.7 cm³/mol. The SMILES string of the molecule is O=C1NC[C@@H]2CNC[C@@H]2N1. The van der Waals surface area contributed by atoms with Gasteiger partial charge < -0.3 is 16.0 Å². The van der Waals surface area contributed by atoms with Crippen molar-refractivity contribution >= 4 is 6.03 Å². The number of carbonyl (C=O) groups is 1. The van der Waals surface area contributed by atoms with Crippen LogP contribution in [0.2, 0.25) is 0 Å². The highest BCUT2D eigenvalue weighted by molar-refractivity contribution is 5.75. The molecule has 0 aliphatic carbocycles. The van der Waals surface area contributed by atoms with Crippen molar-refractivity contribution in [3.63, 3.8) is 0 Å². The lowest BCUT2D eigenvalue weighted by molar-refractivity contribution is 0.223. The van der Waals surface area contributed by atoms with Crippen LogP contribution < -0.4 is 16.0 Å². The second-order valence-electron chi connectivity index (χ2n) is 2.88. The third-order valence-corrected chi connectivity index (χ3v) is 2.18. The molecule has 10 heavy (non-hydrogen) atoms. The van der Waals surface area contributed by atoms with E-state index in [4.69, 9.17) is 0 Å². The number of rotatable bonds is 0. The van der Waals surface area contributed by atoms with Crippen LogP contribution in [0.3, 0.4) is 0 Å². The summed E-state index contributed by atoms with van der Waals surface area (Å²) in [7, 11) is 0. The maximum atomic E-state index is 10.8. The number of carbonyl (C=O) groups excluding carboxylic acids is 1. The van der Waals surface area contributed by atoms with Crippen molar-refractivity contribution in [2.45, 2.75) is 6.04 Å². The molecular formula is C6H11N3O. The summed E-state index contributed by atoms with van der Waals surface area (Å²) in [6, 6.07) is 0.346. The summed E-state index contributed by atoms with van der Waals surface area (Å²) >= 11 is 0. The van der Waals surface area contributed by atoms with Gasteiger partial charge in [-0.25, -0.2) is 4.79 Å². The molecule has 0 radical (unpaired) electrons. The van der Waals surface area contributed by atoms with Crippen molar-refractivity contribution < 1.29 is 4.79 Å². The fourth-order valence-electron chi connectivity index (χ4n) is 1.56. The van der Waals surface area contributed by atoms with Crippen molar-refractivity contribution in [3.8, 4) is 0 Å². The van der Waals surface area contributed by atoms with Gasteiger partial charge in [-0.05, 0) is 0 Å². The second kappa shape index (κ2) is 2.12. The number of hydrogen-bond acceptors (Lipinski definition) is 2. The van der Waals surface area contributed by atoms with Gasteiger partial charge in [0.1, 0.15) is 0 Å². The Morgan fingerprint density at radius 3 is 3.10 bits per heavy atom. The molecule has 0 saturated carbocycles. The maximum absolute atomic E-state index is 10.8. The van der Waals surface area contributed by atoms with Crippen LogP contribution >= 0.6 is 0 Å². The van der Waals surface area contributed by atoms with E-state index in [2.05, 4.69) is 16.0 Å². The minimum atomic E-state index is -0.0232. The minimum absolute atomic E-state index is 0.0232. The van der Waals surface area contributed by atoms with Gasteiger partial charge in [0.15, 0.2) is 0 Å². The minimum Gasteiger partial charge on any atom is -0.338 e. The van der Waals surface area contributed by atoms with Gasteiger partial charge in [0.05, 0.1) is 0 Å². The summed E-state index contributed by atoms with van der Waals surface area (Å²) in [6.07, 6.45) is 0. The number of nitrogens with one attached hydrogen (secondary N) is 3. The summed E-state index contributed by atoms with van der Waals surface area (Å²) < 4.78 is 0. The molecular weight excluding hydrogens is 130 g/mol. The van der Waals surface area contributed by atoms with Crippen molar-refractivity contribution in [3.05, 3.63) is 0 Å². The molecule has 2 aliphatic heterocycles. The molecule has 0 spiro atoms. The Morgan fingerprint density at radius 2 is 2.20 bits per heavy atom. The maximum Gasteiger partial charge on any atom is 0.315 e. The highest BCUT2D eigenvalue weighted by Crippen LogP contribution is 2.10. The normalized spacial score (nSPS) is 38.2. The van der Waals surface area contributed by atoms with E-state index in [0.717, 1.165) is 19.6 Å². The lowest BCUT2D eigenvalue weighted by atomic mass is 10.0. The van der Waals surface area contributed by atoms with E-state index < -0.39 is 0 Å². The number of hydrogen-bond donors (Lipinski definition) is 3. The van der Waals surface area contributed by atoms with Crippen LogP contribution in [0, 0.1) is 5.92 Å². The Labute approximate surface area is 59.4 Å². The molecule has 2 fully saturated rings. The summed E-state index contributed by atoms with van der Waals surface area (Å²) in [5.41, 5.74) is 0. The first-order chi connectivity index (χ1) is 4.86. The zero-order valence-corrected chi connectivity index (χ0v) is 5.68. The van der Waals surface area contributed by atoms with Crippen molar-refractivity contribution in [2.24, 2.45) is 5.92 Å². The molecule has 2 atom stereocenters. The Balaban J connectivity index is 2.03. The molecule has 2 amide bonds. The van der Waals surface area contributed by atoms with Gasteiger partial charge in [-0.15, -0.1) is 0 Å². The van der Waals surface area contributed by atoms with Crippen molar-refractivity contribution in [2.75, 3.05) is 19.6 Å². The molecule has 4 heteroatoms. The van der Waals surface area contributed by atoms with Gasteiger partial charge in [-0.2, -0.15) is 0 Å². The third-order valence-electron chi connectivity index (χ3n) is 2.18. The predicted octanol–water partition coefficient (Wildman–Crippen LogP) is -1.11. The van der Waals surface area contributed by atoms with Crippen LogP contribution in [0.5, 0.6) is 0 Å². The highest BCUT2D eigenvalue weighted by atomic mass is 16.2. The fourth-order valence-corrected chi connectivity index (χ4v) is 1.56. The third kappa shape index (κ3) is 0.844. The molecule has 0 aromatic rings. The number of amides is 2. The molecule has 0 bridgehead atoms. The first-order valence-corrected chi connectivity index (χ1v) is 3.61. The standard InChI is InChI=1S/C6H11N3O/c10-6-8-2-4-1-7-3-5(4)9-6/h4-5,7H,1-3H2,(H2,8,9,10)/t4-,5-/m0/s1. The molecule has 2 saturated heterocycles. The zero-order chi connectivity index (χ0) is 6.97. The average molecular weight is 141 g/mol. The quantitative estimate of drug-likeness (QED) is 0.400. The molecule has 0 unspecified atom stereocenters. The molecule has 56 valence electrons. The molecule has 3 N–H and O–H groups in total. The van der Waals surface area contributed by atoms with Crippen LogP contribution in [0.1, 0.15) is 0 Å². The molecule has 2 heterocycles. The Kier molecular flexibility index (Phi) is 1.27. The van der Waals surface area contributed by atoms with E-state index in [1.807, 2.05) is 0 Å². The number of urea groups is 1. The Morgan fingerprint density at radius 1 is 1.30 bits per heavy atom. The molecule has 2 aliphatic rings. The topological polar surface area (TPSA) is 53.2 Å². The molecule has 0 aromatic carbocycles. The monoisotopic (exact) mass is 141 g/mol. The lowest BCUT2D eigenvalue weighted by Gasteiger charge is -2.25. The number of fused-ring (bicyclic) bond motifs is 1. The molecule has 0 aromatic heterocycles. The highest BCUT2D eigenvalue weighted by Gasteiger charge is 2.31. The van der Waals surface area contributed by atoms with E-state index in [1.54, 1.807) is 0 Å². The molecule has 4 nitrogen and oxygen atoms in total. The van der Waals surface area contributed by atoms with Gasteiger partial charge in [-0.3, -0.25) is 0 Å². The Hall–Kier alpha value is -0.770. The lowest BCUT2D eigenvalue weighted by Crippen LogP contribution is -2.54. The van der Waals surface area contributed by atoms with E-state index in [0.29, 0.717) is 12.0 Å². The van der Waals surface area contributed by atoms with Crippen LogP contribution in [-0.2, 0) is 0 Å². The van der Waals surface area contributed by atoms with Crippen LogP contribution in [0.15, 0.2) is 0 Å². The summed E-state index contributed by atoms with van der Waals surface area (Å²) in [4.78, 5) is 10.8. The van der Waals surface area contributed by atoms with Gasteiger partial charge in [-0.1, -0.05) is 0 Å². The van der Waals surface area contributed by atoms with E-state index in [9.17, 15) is 4.79 Å². The summed E-state index contributed by atoms with van der Waals surface area (Å²) in [5, 5.41) is 8.86. The average Bonchev–Trinajstić information content (AvgIpc) is 2.33. The molecule has 2 rings (SSSR count). The van der Waals surface area contributed by atoms with Crippen LogP contribution in [0.4, 0.5) is 4.79 Å². The van der Waals surface area contributed by atoms with E-state index >= 15 is 0 Å². The first-order valence-electron chi connectivity index (χ1n) is 3.61. The smallest absolute Gasteiger partial charge is 0.315 e. The van der Waals surface area contributed by atoms with Gasteiger partial charge in [0, 0.05) is 31.6 Å². The summed E-state index contributed by atoms with van der Waals surface area (Å²) in [6.45, 7) is 2.78. The zero-order valence-electron chi connectivity index (χ0n) is 5.68. The van der Waals surface area contributed by atoms with E-state index in [1.165, 1.54) is 0 Å².